The van der Waals surface area contributed by atoms with Crippen molar-refractivity contribution in [1.82, 2.24) is 0 Å². The first-order valence-corrected chi connectivity index (χ1v) is 9.75. The lowest BCUT2D eigenvalue weighted by atomic mass is 10.1. The Morgan fingerprint density at radius 1 is 0.750 bits per heavy atom. The van der Waals surface area contributed by atoms with Crippen LogP contribution in [0, 0.1) is 0 Å². The molecule has 8 heteroatoms. The van der Waals surface area contributed by atoms with Gasteiger partial charge in [-0.3, -0.25) is 15.4 Å². The number of phenols is 2. The number of anilines is 2. The number of hydrogen-bond acceptors (Lipinski definition) is 6. The second kappa shape index (κ2) is 6.59. The molecule has 0 aliphatic rings. The highest BCUT2D eigenvalue weighted by Gasteiger charge is 2.19. The zero-order valence-corrected chi connectivity index (χ0v) is 15.2. The third-order valence-corrected chi connectivity index (χ3v) is 5.38. The van der Waals surface area contributed by atoms with Gasteiger partial charge in [-0.1, -0.05) is 54.6 Å². The number of fused-ring (bicyclic) bond motifs is 2. The molecule has 142 valence electrons. The summed E-state index contributed by atoms with van der Waals surface area (Å²) in [6, 6.07) is 18.3. The molecule has 4 aromatic rings. The van der Waals surface area contributed by atoms with Crippen LogP contribution in [0.2, 0.25) is 0 Å². The molecular weight excluding hydrogens is 380 g/mol. The van der Waals surface area contributed by atoms with Crippen molar-refractivity contribution < 1.29 is 23.2 Å². The van der Waals surface area contributed by atoms with Crippen LogP contribution < -0.4 is 10.9 Å². The second-order valence-electron chi connectivity index (χ2n) is 6.22. The van der Waals surface area contributed by atoms with Gasteiger partial charge in [-0.2, -0.15) is 8.42 Å². The van der Waals surface area contributed by atoms with Gasteiger partial charge in [-0.15, -0.1) is 0 Å². The molecule has 5 N–H and O–H groups in total. The SMILES string of the molecule is O=S(=O)(O)c1cc(O)c(NNc2ccc3ccccc3c2O)c2ccccc12. The monoisotopic (exact) mass is 396 g/mol. The Labute approximate surface area is 160 Å². The summed E-state index contributed by atoms with van der Waals surface area (Å²) in [5.41, 5.74) is 6.24. The molecule has 0 atom stereocenters. The van der Waals surface area contributed by atoms with Crippen molar-refractivity contribution in [2.24, 2.45) is 0 Å². The summed E-state index contributed by atoms with van der Waals surface area (Å²) in [6.45, 7) is 0. The van der Waals surface area contributed by atoms with E-state index in [-0.39, 0.29) is 27.5 Å². The van der Waals surface area contributed by atoms with Crippen LogP contribution in [-0.2, 0) is 10.1 Å². The van der Waals surface area contributed by atoms with E-state index in [1.807, 2.05) is 24.3 Å². The number of benzene rings is 4. The zero-order valence-electron chi connectivity index (χ0n) is 14.4. The number of hydrogen-bond donors (Lipinski definition) is 5. The molecule has 4 aromatic carbocycles. The predicted molar refractivity (Wildman–Crippen MR) is 108 cm³/mol. The highest BCUT2D eigenvalue weighted by atomic mass is 32.2. The second-order valence-corrected chi connectivity index (χ2v) is 7.61. The predicted octanol–water partition coefficient (Wildman–Crippen LogP) is 4.09. The van der Waals surface area contributed by atoms with Crippen LogP contribution in [0.4, 0.5) is 11.4 Å². The molecule has 0 aliphatic heterocycles. The van der Waals surface area contributed by atoms with Gasteiger partial charge in [-0.25, -0.2) is 0 Å². The van der Waals surface area contributed by atoms with Crippen LogP contribution >= 0.6 is 0 Å². The molecule has 0 radical (unpaired) electrons. The van der Waals surface area contributed by atoms with Gasteiger partial charge in [0.05, 0.1) is 5.69 Å². The van der Waals surface area contributed by atoms with Crippen LogP contribution in [0.15, 0.2) is 71.6 Å². The third-order valence-electron chi connectivity index (χ3n) is 4.49. The minimum atomic E-state index is -4.52. The number of phenolic OH excluding ortho intramolecular Hbond substituents is 2. The smallest absolute Gasteiger partial charge is 0.295 e. The summed E-state index contributed by atoms with van der Waals surface area (Å²) in [5, 5.41) is 23.0. The molecule has 0 saturated carbocycles. The maximum absolute atomic E-state index is 11.6. The van der Waals surface area contributed by atoms with Crippen molar-refractivity contribution in [3.05, 3.63) is 66.7 Å². The van der Waals surface area contributed by atoms with Crippen molar-refractivity contribution in [2.75, 3.05) is 10.9 Å². The van der Waals surface area contributed by atoms with E-state index in [1.54, 1.807) is 30.3 Å². The van der Waals surface area contributed by atoms with Crippen LogP contribution in [0.1, 0.15) is 0 Å². The highest BCUT2D eigenvalue weighted by molar-refractivity contribution is 7.86. The summed E-state index contributed by atoms with van der Waals surface area (Å²) < 4.78 is 32.7. The number of hydrazine groups is 1. The minimum Gasteiger partial charge on any atom is -0.506 e. The number of rotatable bonds is 4. The first kappa shape index (κ1) is 17.9. The number of aromatic hydroxyl groups is 2. The maximum Gasteiger partial charge on any atom is 0.295 e. The summed E-state index contributed by atoms with van der Waals surface area (Å²) in [5.74, 6) is -0.344. The highest BCUT2D eigenvalue weighted by Crippen LogP contribution is 2.38. The molecule has 0 unspecified atom stereocenters. The van der Waals surface area contributed by atoms with Crippen molar-refractivity contribution in [3.63, 3.8) is 0 Å². The Balaban J connectivity index is 1.77. The van der Waals surface area contributed by atoms with Crippen LogP contribution in [0.5, 0.6) is 11.5 Å². The van der Waals surface area contributed by atoms with Gasteiger partial charge >= 0.3 is 0 Å². The van der Waals surface area contributed by atoms with Crippen LogP contribution in [0.25, 0.3) is 21.5 Å². The summed E-state index contributed by atoms with van der Waals surface area (Å²) >= 11 is 0. The van der Waals surface area contributed by atoms with E-state index in [0.717, 1.165) is 11.5 Å². The normalized spacial score (nSPS) is 11.6. The lowest BCUT2D eigenvalue weighted by molar-refractivity contribution is 0.469. The molecule has 28 heavy (non-hydrogen) atoms. The van der Waals surface area contributed by atoms with E-state index in [1.165, 1.54) is 6.07 Å². The van der Waals surface area contributed by atoms with E-state index in [4.69, 9.17) is 0 Å². The molecule has 0 aliphatic carbocycles. The van der Waals surface area contributed by atoms with Gasteiger partial charge in [-0.05, 0) is 11.5 Å². The van der Waals surface area contributed by atoms with Crippen LogP contribution in [-0.4, -0.2) is 23.2 Å². The van der Waals surface area contributed by atoms with Crippen molar-refractivity contribution in [2.45, 2.75) is 4.90 Å². The molecule has 0 heterocycles. The van der Waals surface area contributed by atoms with E-state index in [0.29, 0.717) is 16.5 Å². The first-order valence-electron chi connectivity index (χ1n) is 8.31. The average molecular weight is 396 g/mol. The quantitative estimate of drug-likeness (QED) is 0.200. The van der Waals surface area contributed by atoms with E-state index in [2.05, 4.69) is 10.9 Å². The molecule has 0 fully saturated rings. The fraction of sp³-hybridized carbons (Fsp3) is 0. The van der Waals surface area contributed by atoms with Crippen molar-refractivity contribution in [1.29, 1.82) is 0 Å². The Morgan fingerprint density at radius 2 is 1.39 bits per heavy atom. The summed E-state index contributed by atoms with van der Waals surface area (Å²) in [4.78, 5) is -0.389. The largest absolute Gasteiger partial charge is 0.506 e. The molecule has 0 saturated heterocycles. The topological polar surface area (TPSA) is 119 Å². The molecule has 4 rings (SSSR count). The van der Waals surface area contributed by atoms with Gasteiger partial charge in [0.2, 0.25) is 0 Å². The molecule has 0 bridgehead atoms. The molecule has 0 spiro atoms. The molecule has 7 nitrogen and oxygen atoms in total. The van der Waals surface area contributed by atoms with Crippen molar-refractivity contribution >= 4 is 43.0 Å². The molecular formula is C20H16N2O5S. The van der Waals surface area contributed by atoms with Gasteiger partial charge in [0, 0.05) is 22.2 Å². The van der Waals surface area contributed by atoms with Gasteiger partial charge < -0.3 is 10.2 Å². The maximum atomic E-state index is 11.6. The Morgan fingerprint density at radius 3 is 2.11 bits per heavy atom. The minimum absolute atomic E-state index is 0.0314. The van der Waals surface area contributed by atoms with E-state index in [9.17, 15) is 23.2 Å². The standard InChI is InChI=1S/C20H16N2O5S/c23-17-11-18(28(25,26)27)14-7-3-4-8-15(14)19(17)22-21-16-10-9-12-5-1-2-6-13(12)20(16)24/h1-11,21-24H,(H,25,26,27). The van der Waals surface area contributed by atoms with Crippen molar-refractivity contribution in [3.8, 4) is 11.5 Å². The third kappa shape index (κ3) is 3.04. The molecule has 0 aromatic heterocycles. The fourth-order valence-corrected chi connectivity index (χ4v) is 3.88. The molecule has 0 amide bonds. The number of nitrogens with one attached hydrogen (secondary N) is 2. The Bertz CT molecular complexity index is 1320. The zero-order chi connectivity index (χ0) is 19.9. The Kier molecular flexibility index (Phi) is 4.21. The lowest BCUT2D eigenvalue weighted by Gasteiger charge is -2.16. The van der Waals surface area contributed by atoms with Gasteiger partial charge in [0.25, 0.3) is 10.1 Å². The fourth-order valence-electron chi connectivity index (χ4n) is 3.16. The first-order chi connectivity index (χ1) is 13.4. The van der Waals surface area contributed by atoms with E-state index >= 15 is 0 Å². The lowest BCUT2D eigenvalue weighted by Crippen LogP contribution is -2.10. The average Bonchev–Trinajstić information content (AvgIpc) is 2.67. The summed E-state index contributed by atoms with van der Waals surface area (Å²) in [6.07, 6.45) is 0. The van der Waals surface area contributed by atoms with Gasteiger partial charge in [0.15, 0.2) is 0 Å². The summed E-state index contributed by atoms with van der Waals surface area (Å²) in [7, 11) is -4.52. The van der Waals surface area contributed by atoms with Gasteiger partial charge in [0.1, 0.15) is 22.1 Å². The van der Waals surface area contributed by atoms with E-state index < -0.39 is 10.1 Å². The Hall–Kier alpha value is -3.49. The van der Waals surface area contributed by atoms with Crippen LogP contribution in [0.3, 0.4) is 0 Å².